The highest BCUT2D eigenvalue weighted by Crippen LogP contribution is 2.30. The Kier molecular flexibility index (Phi) is 4.70. The molecule has 0 aromatic heterocycles. The van der Waals surface area contributed by atoms with Gasteiger partial charge in [-0.15, -0.1) is 0 Å². The first kappa shape index (κ1) is 16.6. The first-order valence-corrected chi connectivity index (χ1v) is 7.78. The lowest BCUT2D eigenvalue weighted by atomic mass is 9.96. The van der Waals surface area contributed by atoms with Gasteiger partial charge in [0.25, 0.3) is 0 Å². The van der Waals surface area contributed by atoms with Gasteiger partial charge in [0.1, 0.15) is 17.2 Å². The second kappa shape index (κ2) is 7.09. The Hall–Kier alpha value is -3.28. The smallest absolute Gasteiger partial charge is 0.354 e. The van der Waals surface area contributed by atoms with E-state index in [1.165, 1.54) is 7.11 Å². The van der Waals surface area contributed by atoms with Crippen LogP contribution < -0.4 is 15.4 Å². The molecule has 6 heteroatoms. The van der Waals surface area contributed by atoms with Gasteiger partial charge in [0, 0.05) is 0 Å². The van der Waals surface area contributed by atoms with E-state index >= 15 is 0 Å². The van der Waals surface area contributed by atoms with Crippen molar-refractivity contribution in [3.63, 3.8) is 0 Å². The Labute approximate surface area is 145 Å². The number of methoxy groups -OCH3 is 1. The number of rotatable bonds is 4. The molecule has 25 heavy (non-hydrogen) atoms. The van der Waals surface area contributed by atoms with Crippen molar-refractivity contribution in [3.8, 4) is 11.5 Å². The van der Waals surface area contributed by atoms with Crippen molar-refractivity contribution in [2.45, 2.75) is 13.0 Å². The van der Waals surface area contributed by atoms with Gasteiger partial charge in [-0.25, -0.2) is 9.59 Å². The van der Waals surface area contributed by atoms with Crippen LogP contribution in [0.15, 0.2) is 65.9 Å². The van der Waals surface area contributed by atoms with Crippen molar-refractivity contribution in [2.24, 2.45) is 0 Å². The first-order valence-electron chi connectivity index (χ1n) is 7.78. The van der Waals surface area contributed by atoms with Crippen LogP contribution in [0.4, 0.5) is 4.79 Å². The summed E-state index contributed by atoms with van der Waals surface area (Å²) in [5, 5.41) is 5.31. The highest BCUT2D eigenvalue weighted by Gasteiger charge is 2.29. The molecular formula is C19H18N2O4. The van der Waals surface area contributed by atoms with Gasteiger partial charge < -0.3 is 20.1 Å². The molecule has 2 aromatic carbocycles. The van der Waals surface area contributed by atoms with Crippen LogP contribution in [0.5, 0.6) is 11.5 Å². The molecule has 0 saturated heterocycles. The van der Waals surface area contributed by atoms with Gasteiger partial charge in [0.05, 0.1) is 13.2 Å². The van der Waals surface area contributed by atoms with Gasteiger partial charge in [0.15, 0.2) is 0 Å². The molecule has 0 fully saturated rings. The molecule has 1 aliphatic rings. The zero-order chi connectivity index (χ0) is 17.8. The third kappa shape index (κ3) is 3.63. The number of carbonyl (C=O) groups is 2. The zero-order valence-electron chi connectivity index (χ0n) is 13.9. The summed E-state index contributed by atoms with van der Waals surface area (Å²) in [5.74, 6) is 0.787. The van der Waals surface area contributed by atoms with Gasteiger partial charge in [-0.2, -0.15) is 0 Å². The van der Waals surface area contributed by atoms with Crippen LogP contribution in [0.2, 0.25) is 0 Å². The topological polar surface area (TPSA) is 76.7 Å². The van der Waals surface area contributed by atoms with Crippen LogP contribution in [0.25, 0.3) is 0 Å². The van der Waals surface area contributed by atoms with Crippen LogP contribution in [-0.4, -0.2) is 19.1 Å². The molecule has 2 N–H and O–H groups in total. The van der Waals surface area contributed by atoms with Crippen LogP contribution >= 0.6 is 0 Å². The van der Waals surface area contributed by atoms with Gasteiger partial charge in [0.2, 0.25) is 0 Å². The van der Waals surface area contributed by atoms with Crippen LogP contribution in [0, 0.1) is 0 Å². The van der Waals surface area contributed by atoms with Crippen molar-refractivity contribution >= 4 is 12.0 Å². The van der Waals surface area contributed by atoms with Gasteiger partial charge >= 0.3 is 12.0 Å². The number of ether oxygens (including phenoxy) is 2. The number of carbonyl (C=O) groups excluding carboxylic acids is 2. The normalized spacial score (nSPS) is 16.7. The molecule has 2 aromatic rings. The number of benzene rings is 2. The van der Waals surface area contributed by atoms with Gasteiger partial charge in [-0.3, -0.25) is 0 Å². The molecule has 128 valence electrons. The average molecular weight is 338 g/mol. The number of esters is 1. The van der Waals surface area contributed by atoms with E-state index in [9.17, 15) is 9.59 Å². The fourth-order valence-electron chi connectivity index (χ4n) is 2.66. The number of amides is 2. The minimum atomic E-state index is -0.575. The molecular weight excluding hydrogens is 320 g/mol. The van der Waals surface area contributed by atoms with E-state index < -0.39 is 18.0 Å². The Balaban J connectivity index is 1.91. The molecule has 1 unspecified atom stereocenters. The fourth-order valence-corrected chi connectivity index (χ4v) is 2.66. The summed E-state index contributed by atoms with van der Waals surface area (Å²) < 4.78 is 10.6. The quantitative estimate of drug-likeness (QED) is 0.839. The summed E-state index contributed by atoms with van der Waals surface area (Å²) in [6.45, 7) is 1.77. The van der Waals surface area contributed by atoms with E-state index in [4.69, 9.17) is 9.47 Å². The van der Waals surface area contributed by atoms with Gasteiger partial charge in [-0.1, -0.05) is 30.3 Å². The molecule has 1 atom stereocenters. The van der Waals surface area contributed by atoms with Crippen molar-refractivity contribution in [1.29, 1.82) is 0 Å². The maximum atomic E-state index is 11.9. The number of nitrogens with one attached hydrogen (secondary N) is 2. The number of urea groups is 1. The zero-order valence-corrected chi connectivity index (χ0v) is 13.9. The standard InChI is InChI=1S/C19H18N2O4/c1-12-16(20-19(23)21-17(12)18(22)24-2)13-7-6-10-15(11-13)25-14-8-4-3-5-9-14/h3-11,16H,1-2H3,(H2,20,21,23). The lowest BCUT2D eigenvalue weighted by Crippen LogP contribution is -2.45. The molecule has 0 saturated carbocycles. The van der Waals surface area contributed by atoms with Gasteiger partial charge in [-0.05, 0) is 42.3 Å². The third-order valence-electron chi connectivity index (χ3n) is 3.90. The lowest BCUT2D eigenvalue weighted by Gasteiger charge is -2.27. The monoisotopic (exact) mass is 338 g/mol. The lowest BCUT2D eigenvalue weighted by molar-refractivity contribution is -0.136. The van der Waals surface area contributed by atoms with Crippen molar-refractivity contribution in [3.05, 3.63) is 71.4 Å². The Morgan fingerprint density at radius 3 is 2.48 bits per heavy atom. The summed E-state index contributed by atoms with van der Waals surface area (Å²) in [6, 6.07) is 15.9. The van der Waals surface area contributed by atoms with Crippen molar-refractivity contribution in [2.75, 3.05) is 7.11 Å². The molecule has 3 rings (SSSR count). The molecule has 6 nitrogen and oxygen atoms in total. The third-order valence-corrected chi connectivity index (χ3v) is 3.90. The summed E-state index contributed by atoms with van der Waals surface area (Å²) in [4.78, 5) is 23.8. The Morgan fingerprint density at radius 1 is 1.04 bits per heavy atom. The molecule has 0 bridgehead atoms. The second-order valence-electron chi connectivity index (χ2n) is 5.57. The number of hydrogen-bond donors (Lipinski definition) is 2. The average Bonchev–Trinajstić information content (AvgIpc) is 2.63. The highest BCUT2D eigenvalue weighted by molar-refractivity contribution is 5.96. The maximum Gasteiger partial charge on any atom is 0.354 e. The minimum absolute atomic E-state index is 0.158. The molecule has 0 spiro atoms. The second-order valence-corrected chi connectivity index (χ2v) is 5.57. The van der Waals surface area contributed by atoms with E-state index in [1.807, 2.05) is 54.6 Å². The predicted octanol–water partition coefficient (Wildman–Crippen LogP) is 3.28. The van der Waals surface area contributed by atoms with E-state index in [0.29, 0.717) is 11.3 Å². The summed E-state index contributed by atoms with van der Waals surface area (Å²) in [7, 11) is 1.28. The van der Waals surface area contributed by atoms with E-state index in [1.54, 1.807) is 6.92 Å². The highest BCUT2D eigenvalue weighted by atomic mass is 16.5. The van der Waals surface area contributed by atoms with Crippen molar-refractivity contribution in [1.82, 2.24) is 10.6 Å². The van der Waals surface area contributed by atoms with Crippen LogP contribution in [0.1, 0.15) is 18.5 Å². The molecule has 0 radical (unpaired) electrons. The fraction of sp³-hybridized carbons (Fsp3) is 0.158. The largest absolute Gasteiger partial charge is 0.464 e. The summed E-state index contributed by atoms with van der Waals surface area (Å²) >= 11 is 0. The maximum absolute atomic E-state index is 11.9. The van der Waals surface area contributed by atoms with Crippen molar-refractivity contribution < 1.29 is 19.1 Å². The minimum Gasteiger partial charge on any atom is -0.464 e. The molecule has 1 aliphatic heterocycles. The Bertz CT molecular complexity index is 830. The molecule has 0 aliphatic carbocycles. The molecule has 2 amide bonds. The molecule has 1 heterocycles. The number of para-hydroxylation sites is 1. The van der Waals surface area contributed by atoms with Crippen LogP contribution in [0.3, 0.4) is 0 Å². The first-order chi connectivity index (χ1) is 12.1. The SMILES string of the molecule is COC(=O)C1=C(C)C(c2cccc(Oc3ccccc3)c2)NC(=O)N1. The van der Waals surface area contributed by atoms with E-state index in [-0.39, 0.29) is 5.70 Å². The Morgan fingerprint density at radius 2 is 1.76 bits per heavy atom. The van der Waals surface area contributed by atoms with E-state index in [0.717, 1.165) is 11.3 Å². The predicted molar refractivity (Wildman–Crippen MR) is 92.1 cm³/mol. The van der Waals surface area contributed by atoms with E-state index in [2.05, 4.69) is 10.6 Å². The summed E-state index contributed by atoms with van der Waals surface area (Å²) in [5.41, 5.74) is 1.64. The summed E-state index contributed by atoms with van der Waals surface area (Å²) in [6.07, 6.45) is 0. The number of hydrogen-bond acceptors (Lipinski definition) is 4. The van der Waals surface area contributed by atoms with Crippen LogP contribution in [-0.2, 0) is 9.53 Å².